The minimum atomic E-state index is -1.29. The smallest absolute Gasteiger partial charge is 0.337 e. The summed E-state index contributed by atoms with van der Waals surface area (Å²) >= 11 is 0. The molecule has 39 heavy (non-hydrogen) atoms. The lowest BCUT2D eigenvalue weighted by molar-refractivity contribution is -0.136. The topological polar surface area (TPSA) is 104 Å². The number of nitrogens with zero attached hydrogens (tertiary/aromatic N) is 3. The van der Waals surface area contributed by atoms with Gasteiger partial charge in [-0.3, -0.25) is 9.88 Å². The maximum Gasteiger partial charge on any atom is 0.337 e. The van der Waals surface area contributed by atoms with Crippen molar-refractivity contribution in [3.63, 3.8) is 0 Å². The molecule has 3 aliphatic rings. The number of aromatic nitrogens is 1. The van der Waals surface area contributed by atoms with Gasteiger partial charge in [0.1, 0.15) is 6.04 Å². The zero-order chi connectivity index (χ0) is 27.5. The summed E-state index contributed by atoms with van der Waals surface area (Å²) < 4.78 is 32.5. The Kier molecular flexibility index (Phi) is 7.87. The molecule has 1 aromatic carbocycles. The fourth-order valence-corrected chi connectivity index (χ4v) is 5.89. The third-order valence-electron chi connectivity index (χ3n) is 7.89. The van der Waals surface area contributed by atoms with Gasteiger partial charge >= 0.3 is 18.0 Å². The Morgan fingerprint density at radius 1 is 1.08 bits per heavy atom. The second-order valence-corrected chi connectivity index (χ2v) is 10.2. The van der Waals surface area contributed by atoms with Crippen LogP contribution in [-0.2, 0) is 9.53 Å². The van der Waals surface area contributed by atoms with Crippen molar-refractivity contribution in [2.24, 2.45) is 0 Å². The molecule has 1 unspecified atom stereocenters. The van der Waals surface area contributed by atoms with Crippen molar-refractivity contribution in [1.82, 2.24) is 25.4 Å². The minimum absolute atomic E-state index is 0.0632. The van der Waals surface area contributed by atoms with E-state index in [-0.39, 0.29) is 17.2 Å². The highest BCUT2D eigenvalue weighted by atomic mass is 19.2. The summed E-state index contributed by atoms with van der Waals surface area (Å²) in [6.07, 6.45) is 7.87. The number of hydrogen-bond donors (Lipinski definition) is 2. The van der Waals surface area contributed by atoms with Gasteiger partial charge in [0.05, 0.1) is 12.7 Å². The number of carbonyl (C=O) groups excluding carboxylic acids is 3. The maximum atomic E-state index is 14.1. The molecule has 206 valence electrons. The third kappa shape index (κ3) is 5.63. The number of nitrogens with one attached hydrogen (secondary N) is 2. The molecular formula is C28H31F2N5O4. The van der Waals surface area contributed by atoms with Crippen LogP contribution in [0.3, 0.4) is 0 Å². The molecular weight excluding hydrogens is 508 g/mol. The lowest BCUT2D eigenvalue weighted by Gasteiger charge is -2.35. The van der Waals surface area contributed by atoms with E-state index in [0.29, 0.717) is 24.9 Å². The number of esters is 1. The highest BCUT2D eigenvalue weighted by Gasteiger charge is 2.41. The van der Waals surface area contributed by atoms with Gasteiger partial charge in [0, 0.05) is 49.2 Å². The number of rotatable bonds is 5. The Hall–Kier alpha value is -3.86. The highest BCUT2D eigenvalue weighted by molar-refractivity contribution is 6.00. The number of methoxy groups -OCH3 is 1. The van der Waals surface area contributed by atoms with Crippen LogP contribution in [0.5, 0.6) is 0 Å². The molecule has 1 aliphatic carbocycles. The highest BCUT2D eigenvalue weighted by Crippen LogP contribution is 2.36. The largest absolute Gasteiger partial charge is 0.466 e. The molecule has 2 N–H and O–H groups in total. The van der Waals surface area contributed by atoms with Crippen LogP contribution in [-0.4, -0.2) is 65.1 Å². The Morgan fingerprint density at radius 3 is 2.56 bits per heavy atom. The Morgan fingerprint density at radius 2 is 1.87 bits per heavy atom. The van der Waals surface area contributed by atoms with E-state index in [0.717, 1.165) is 68.3 Å². The number of likely N-dealkylation sites (tertiary alicyclic amines) is 1. The van der Waals surface area contributed by atoms with Gasteiger partial charge in [-0.2, -0.15) is 0 Å². The summed E-state index contributed by atoms with van der Waals surface area (Å²) in [6, 6.07) is 6.40. The Bertz CT molecular complexity index is 1270. The summed E-state index contributed by atoms with van der Waals surface area (Å²) in [5, 5.41) is 5.30. The number of pyridine rings is 1. The molecule has 0 radical (unpaired) electrons. The second-order valence-electron chi connectivity index (χ2n) is 10.2. The molecule has 0 bridgehead atoms. The molecule has 5 rings (SSSR count). The van der Waals surface area contributed by atoms with Crippen molar-refractivity contribution in [3.05, 3.63) is 77.3 Å². The number of ether oxygens (including phenoxy) is 1. The summed E-state index contributed by atoms with van der Waals surface area (Å²) in [6.45, 7) is 1.45. The normalized spacial score (nSPS) is 25.6. The fraction of sp³-hybridized carbons (Fsp3) is 0.429. The first-order chi connectivity index (χ1) is 18.9. The number of imide groups is 1. The predicted octanol–water partition coefficient (Wildman–Crippen LogP) is 3.99. The van der Waals surface area contributed by atoms with Crippen LogP contribution in [0.4, 0.5) is 18.4 Å². The molecule has 0 spiro atoms. The summed E-state index contributed by atoms with van der Waals surface area (Å²) in [7, 11) is 1.16. The molecule has 2 atom stereocenters. The summed E-state index contributed by atoms with van der Waals surface area (Å²) in [5.74, 6) is -2.59. The lowest BCUT2D eigenvalue weighted by atomic mass is 9.83. The van der Waals surface area contributed by atoms with E-state index in [1.54, 1.807) is 0 Å². The van der Waals surface area contributed by atoms with Crippen molar-refractivity contribution < 1.29 is 27.9 Å². The fourth-order valence-electron chi connectivity index (χ4n) is 5.89. The van der Waals surface area contributed by atoms with Crippen molar-refractivity contribution in [3.8, 4) is 0 Å². The molecule has 1 aromatic heterocycles. The molecule has 9 nitrogen and oxygen atoms in total. The second kappa shape index (κ2) is 11.5. The van der Waals surface area contributed by atoms with Crippen LogP contribution < -0.4 is 10.6 Å². The van der Waals surface area contributed by atoms with Gasteiger partial charge in [-0.25, -0.2) is 28.1 Å². The first-order valence-electron chi connectivity index (χ1n) is 13.1. The number of amides is 4. The predicted molar refractivity (Wildman–Crippen MR) is 137 cm³/mol. The molecule has 4 amide bonds. The van der Waals surface area contributed by atoms with Crippen LogP contribution in [0.25, 0.3) is 0 Å². The number of carbonyl (C=O) groups is 3. The number of halogens is 2. The maximum absolute atomic E-state index is 14.1. The van der Waals surface area contributed by atoms with E-state index in [4.69, 9.17) is 4.74 Å². The van der Waals surface area contributed by atoms with E-state index in [1.807, 2.05) is 18.3 Å². The van der Waals surface area contributed by atoms with Crippen LogP contribution in [0.2, 0.25) is 0 Å². The van der Waals surface area contributed by atoms with Crippen LogP contribution in [0.15, 0.2) is 54.4 Å². The first kappa shape index (κ1) is 26.7. The standard InChI is InChI=1S/C28H31F2N5O4/c1-39-26(36)21-15-32-27(37)35(25(21)18-7-10-22(29)23(30)14-18)28(38)33-19-11-13-34(16-19)20-8-5-17(6-9-20)24-4-2-3-12-31-24/h2-4,7,10,12,14-15,17,19-20,25H,5-6,8-9,11,13,16H2,1H3,(H,32,37)(H,33,38)/t17?,19-,20?,25?/m1/s1. The third-order valence-corrected chi connectivity index (χ3v) is 7.89. The SMILES string of the molecule is COC(=O)C1=CNC(=O)N(C(=O)N[C@@H]2CCN(C3CCC(c4ccccn4)CC3)C2)C1c1ccc(F)c(F)c1. The zero-order valence-corrected chi connectivity index (χ0v) is 21.6. The molecule has 1 saturated carbocycles. The van der Waals surface area contributed by atoms with Crippen molar-refractivity contribution in [2.45, 2.75) is 56.1 Å². The van der Waals surface area contributed by atoms with Gasteiger partial charge in [-0.1, -0.05) is 12.1 Å². The minimum Gasteiger partial charge on any atom is -0.466 e. The monoisotopic (exact) mass is 539 g/mol. The zero-order valence-electron chi connectivity index (χ0n) is 21.6. The average Bonchev–Trinajstić information content (AvgIpc) is 3.42. The van der Waals surface area contributed by atoms with Gasteiger partial charge in [-0.15, -0.1) is 0 Å². The van der Waals surface area contributed by atoms with Gasteiger partial charge in [-0.05, 0) is 61.9 Å². The van der Waals surface area contributed by atoms with Crippen molar-refractivity contribution >= 4 is 18.0 Å². The number of benzene rings is 1. The van der Waals surface area contributed by atoms with Crippen LogP contribution >= 0.6 is 0 Å². The summed E-state index contributed by atoms with van der Waals surface area (Å²) in [5.41, 5.74) is 1.11. The van der Waals surface area contributed by atoms with Gasteiger partial charge in [0.25, 0.3) is 0 Å². The Balaban J connectivity index is 1.25. The lowest BCUT2D eigenvalue weighted by Crippen LogP contribution is -2.55. The van der Waals surface area contributed by atoms with Gasteiger partial charge in [0.15, 0.2) is 11.6 Å². The van der Waals surface area contributed by atoms with Gasteiger partial charge < -0.3 is 15.4 Å². The quantitative estimate of drug-likeness (QED) is 0.557. The van der Waals surface area contributed by atoms with E-state index >= 15 is 0 Å². The van der Waals surface area contributed by atoms with Crippen molar-refractivity contribution in [2.75, 3.05) is 20.2 Å². The summed E-state index contributed by atoms with van der Waals surface area (Å²) in [4.78, 5) is 46.4. The molecule has 1 saturated heterocycles. The van der Waals surface area contributed by atoms with E-state index in [2.05, 4.69) is 26.6 Å². The molecule has 2 aliphatic heterocycles. The van der Waals surface area contributed by atoms with Crippen LogP contribution in [0.1, 0.15) is 55.3 Å². The molecule has 11 heteroatoms. The average molecular weight is 540 g/mol. The first-order valence-corrected chi connectivity index (χ1v) is 13.1. The van der Waals surface area contributed by atoms with E-state index in [1.165, 1.54) is 6.07 Å². The molecule has 2 fully saturated rings. The molecule has 3 heterocycles. The number of urea groups is 2. The molecule has 2 aromatic rings. The van der Waals surface area contributed by atoms with Gasteiger partial charge in [0.2, 0.25) is 0 Å². The van der Waals surface area contributed by atoms with Crippen LogP contribution in [0, 0.1) is 11.6 Å². The van der Waals surface area contributed by atoms with E-state index in [9.17, 15) is 23.2 Å². The number of hydrogen-bond acceptors (Lipinski definition) is 6. The van der Waals surface area contributed by atoms with Crippen molar-refractivity contribution in [1.29, 1.82) is 0 Å². The van der Waals surface area contributed by atoms with E-state index < -0.39 is 35.7 Å². The Labute approximate surface area is 225 Å².